The molecule has 0 N–H and O–H groups in total. The first kappa shape index (κ1) is 22.9. The molecule has 0 fully saturated rings. The highest BCUT2D eigenvalue weighted by Crippen LogP contribution is 2.26. The molecule has 1 aromatic rings. The van der Waals surface area contributed by atoms with E-state index in [0.29, 0.717) is 19.1 Å². The highest BCUT2D eigenvalue weighted by molar-refractivity contribution is 5.87. The van der Waals surface area contributed by atoms with Crippen molar-refractivity contribution in [3.63, 3.8) is 0 Å². The zero-order valence-corrected chi connectivity index (χ0v) is 17.3. The van der Waals surface area contributed by atoms with Crippen LogP contribution in [0.15, 0.2) is 30.3 Å². The van der Waals surface area contributed by atoms with E-state index in [1.165, 1.54) is 0 Å². The van der Waals surface area contributed by atoms with Crippen LogP contribution in [0.4, 0.5) is 0 Å². The fourth-order valence-electron chi connectivity index (χ4n) is 3.29. The summed E-state index contributed by atoms with van der Waals surface area (Å²) in [5.74, 6) is 0.249. The minimum atomic E-state index is -0.637. The van der Waals surface area contributed by atoms with E-state index in [-0.39, 0.29) is 5.78 Å². The van der Waals surface area contributed by atoms with Gasteiger partial charge in [-0.1, -0.05) is 64.4 Å². The van der Waals surface area contributed by atoms with Crippen LogP contribution < -0.4 is 0 Å². The summed E-state index contributed by atoms with van der Waals surface area (Å²) in [4.78, 5) is 12.8. The third-order valence-electron chi connectivity index (χ3n) is 5.32. The maximum atomic E-state index is 12.8. The smallest absolute Gasteiger partial charge is 0.164 e. The number of carbonyl (C=O) groups is 1. The monoisotopic (exact) mass is 362 g/mol. The molecule has 0 radical (unpaired) electrons. The normalized spacial score (nSPS) is 11.9. The van der Waals surface area contributed by atoms with E-state index >= 15 is 0 Å². The minimum absolute atomic E-state index is 0.249. The SMILES string of the molecule is CCC(CC)OCCCCCC(=O)C(CC)(CC)OCc1ccccc1. The fraction of sp³-hybridized carbons (Fsp3) is 0.696. The molecular weight excluding hydrogens is 324 g/mol. The first-order valence-electron chi connectivity index (χ1n) is 10.4. The second-order valence-corrected chi connectivity index (χ2v) is 7.02. The van der Waals surface area contributed by atoms with Crippen LogP contribution in [0.25, 0.3) is 0 Å². The summed E-state index contributed by atoms with van der Waals surface area (Å²) in [6.45, 7) is 9.73. The van der Waals surface area contributed by atoms with Crippen LogP contribution in [-0.2, 0) is 20.9 Å². The number of unbranched alkanes of at least 4 members (excludes halogenated alkanes) is 2. The van der Waals surface area contributed by atoms with Gasteiger partial charge < -0.3 is 9.47 Å². The Kier molecular flexibility index (Phi) is 11.5. The van der Waals surface area contributed by atoms with E-state index in [9.17, 15) is 4.79 Å². The Hall–Kier alpha value is -1.19. The van der Waals surface area contributed by atoms with Gasteiger partial charge in [0.1, 0.15) is 5.60 Å². The standard InChI is InChI=1S/C23H38O3/c1-5-21(6-2)25-18-14-10-13-17-22(24)23(7-3,8-4)26-19-20-15-11-9-12-16-20/h9,11-12,15-16,21H,5-8,10,13-14,17-19H2,1-4H3. The van der Waals surface area contributed by atoms with Crippen LogP contribution in [0.2, 0.25) is 0 Å². The summed E-state index contributed by atoms with van der Waals surface area (Å²) in [6, 6.07) is 10.1. The maximum absolute atomic E-state index is 12.8. The lowest BCUT2D eigenvalue weighted by molar-refractivity contribution is -0.148. The molecule has 0 unspecified atom stereocenters. The molecule has 0 spiro atoms. The van der Waals surface area contributed by atoms with E-state index in [4.69, 9.17) is 9.47 Å². The van der Waals surface area contributed by atoms with Crippen molar-refractivity contribution in [2.75, 3.05) is 6.61 Å². The minimum Gasteiger partial charge on any atom is -0.378 e. The molecule has 0 atom stereocenters. The number of benzene rings is 1. The average Bonchev–Trinajstić information content (AvgIpc) is 2.69. The summed E-state index contributed by atoms with van der Waals surface area (Å²) < 4.78 is 12.0. The first-order chi connectivity index (χ1) is 12.6. The third-order valence-corrected chi connectivity index (χ3v) is 5.32. The molecule has 0 aliphatic rings. The molecule has 26 heavy (non-hydrogen) atoms. The molecule has 3 nitrogen and oxygen atoms in total. The van der Waals surface area contributed by atoms with Crippen molar-refractivity contribution in [2.24, 2.45) is 0 Å². The summed E-state index contributed by atoms with van der Waals surface area (Å²) in [7, 11) is 0. The van der Waals surface area contributed by atoms with Gasteiger partial charge in [0.2, 0.25) is 0 Å². The number of ketones is 1. The predicted molar refractivity (Wildman–Crippen MR) is 108 cm³/mol. The summed E-state index contributed by atoms with van der Waals surface area (Å²) in [5, 5.41) is 0. The van der Waals surface area contributed by atoms with Crippen LogP contribution in [-0.4, -0.2) is 24.1 Å². The molecule has 0 saturated carbocycles. The Labute approximate surface area is 160 Å². The molecule has 1 aromatic carbocycles. The largest absolute Gasteiger partial charge is 0.378 e. The van der Waals surface area contributed by atoms with Gasteiger partial charge >= 0.3 is 0 Å². The van der Waals surface area contributed by atoms with Crippen LogP contribution in [0.3, 0.4) is 0 Å². The van der Waals surface area contributed by atoms with E-state index in [1.807, 2.05) is 30.3 Å². The molecule has 0 aliphatic heterocycles. The second-order valence-electron chi connectivity index (χ2n) is 7.02. The van der Waals surface area contributed by atoms with Gasteiger partial charge in [-0.2, -0.15) is 0 Å². The van der Waals surface area contributed by atoms with E-state index in [2.05, 4.69) is 27.7 Å². The predicted octanol–water partition coefficient (Wildman–Crippen LogP) is 6.10. The summed E-state index contributed by atoms with van der Waals surface area (Å²) in [6.07, 6.45) is 7.57. The second kappa shape index (κ2) is 13.1. The van der Waals surface area contributed by atoms with E-state index in [1.54, 1.807) is 0 Å². The maximum Gasteiger partial charge on any atom is 0.164 e. The quantitative estimate of drug-likeness (QED) is 0.354. The average molecular weight is 363 g/mol. The molecule has 0 aliphatic carbocycles. The molecular formula is C23H38O3. The number of ether oxygens (including phenoxy) is 2. The van der Waals surface area contributed by atoms with Gasteiger partial charge in [-0.15, -0.1) is 0 Å². The number of hydrogen-bond donors (Lipinski definition) is 0. The van der Waals surface area contributed by atoms with Gasteiger partial charge in [-0.05, 0) is 44.1 Å². The van der Waals surface area contributed by atoms with Crippen LogP contribution in [0.5, 0.6) is 0 Å². The van der Waals surface area contributed by atoms with Crippen molar-refractivity contribution < 1.29 is 14.3 Å². The Bertz CT molecular complexity index is 475. The Morgan fingerprint density at radius 3 is 2.19 bits per heavy atom. The molecule has 0 saturated heterocycles. The van der Waals surface area contributed by atoms with Gasteiger partial charge in [0.15, 0.2) is 5.78 Å². The number of Topliss-reactive ketones (excluding diaryl/α,β-unsaturated/α-hetero) is 1. The molecule has 0 aromatic heterocycles. The molecule has 148 valence electrons. The zero-order valence-electron chi connectivity index (χ0n) is 17.3. The van der Waals surface area contributed by atoms with Gasteiger partial charge in [0, 0.05) is 13.0 Å². The van der Waals surface area contributed by atoms with Crippen molar-refractivity contribution in [2.45, 2.75) is 97.4 Å². The Morgan fingerprint density at radius 2 is 1.62 bits per heavy atom. The summed E-state index contributed by atoms with van der Waals surface area (Å²) >= 11 is 0. The van der Waals surface area contributed by atoms with Crippen LogP contribution in [0.1, 0.15) is 84.6 Å². The van der Waals surface area contributed by atoms with Crippen molar-refractivity contribution in [1.82, 2.24) is 0 Å². The van der Waals surface area contributed by atoms with Crippen LogP contribution >= 0.6 is 0 Å². The van der Waals surface area contributed by atoms with Crippen molar-refractivity contribution in [3.05, 3.63) is 35.9 Å². The number of rotatable bonds is 15. The van der Waals surface area contributed by atoms with Gasteiger partial charge in [0.05, 0.1) is 12.7 Å². The number of carbonyl (C=O) groups excluding carboxylic acids is 1. The number of hydrogen-bond acceptors (Lipinski definition) is 3. The van der Waals surface area contributed by atoms with Crippen LogP contribution in [0, 0.1) is 0 Å². The van der Waals surface area contributed by atoms with Gasteiger partial charge in [-0.25, -0.2) is 0 Å². The topological polar surface area (TPSA) is 35.5 Å². The van der Waals surface area contributed by atoms with E-state index in [0.717, 1.165) is 57.1 Å². The molecule has 3 heteroatoms. The van der Waals surface area contributed by atoms with Gasteiger partial charge in [-0.3, -0.25) is 4.79 Å². The summed E-state index contributed by atoms with van der Waals surface area (Å²) in [5.41, 5.74) is 0.479. The Balaban J connectivity index is 2.37. The lowest BCUT2D eigenvalue weighted by atomic mass is 9.88. The van der Waals surface area contributed by atoms with Crippen molar-refractivity contribution in [1.29, 1.82) is 0 Å². The first-order valence-corrected chi connectivity index (χ1v) is 10.4. The van der Waals surface area contributed by atoms with Crippen molar-refractivity contribution >= 4 is 5.78 Å². The molecule has 1 rings (SSSR count). The molecule has 0 amide bonds. The lowest BCUT2D eigenvalue weighted by Gasteiger charge is -2.30. The fourth-order valence-corrected chi connectivity index (χ4v) is 3.29. The third kappa shape index (κ3) is 7.59. The highest BCUT2D eigenvalue weighted by Gasteiger charge is 2.34. The highest BCUT2D eigenvalue weighted by atomic mass is 16.5. The van der Waals surface area contributed by atoms with E-state index < -0.39 is 5.60 Å². The van der Waals surface area contributed by atoms with Gasteiger partial charge in [0.25, 0.3) is 0 Å². The van der Waals surface area contributed by atoms with Crippen molar-refractivity contribution in [3.8, 4) is 0 Å². The Morgan fingerprint density at radius 1 is 0.962 bits per heavy atom. The molecule has 0 bridgehead atoms. The zero-order chi connectivity index (χ0) is 19.3. The molecule has 0 heterocycles. The lowest BCUT2D eigenvalue weighted by Crippen LogP contribution is -2.40.